The highest BCUT2D eigenvalue weighted by atomic mass is 16.2. The number of aromatic nitrogens is 1. The average molecular weight is 324 g/mol. The largest absolute Gasteiger partial charge is 0.328 e. The van der Waals surface area contributed by atoms with Crippen LogP contribution in [-0.2, 0) is 4.79 Å². The standard InChI is InChI=1S/C18H20N4O2/c19-14-5-4-13(10-14)18(24)22-16-3-1-2-12(11-16)17(23)21-15-6-8-20-9-7-15/h1-3,6-9,11,13-14H,4-5,10,19H2,(H,22,24)(H,20,21,23). The lowest BCUT2D eigenvalue weighted by Crippen LogP contribution is -2.23. The van der Waals surface area contributed by atoms with Crippen LogP contribution < -0.4 is 16.4 Å². The van der Waals surface area contributed by atoms with Crippen LogP contribution >= 0.6 is 0 Å². The number of rotatable bonds is 4. The van der Waals surface area contributed by atoms with Crippen LogP contribution in [0.1, 0.15) is 29.6 Å². The first-order chi connectivity index (χ1) is 11.6. The van der Waals surface area contributed by atoms with E-state index in [4.69, 9.17) is 5.73 Å². The van der Waals surface area contributed by atoms with Crippen LogP contribution in [0.4, 0.5) is 11.4 Å². The van der Waals surface area contributed by atoms with Crippen LogP contribution in [-0.4, -0.2) is 22.8 Å². The number of hydrogen-bond acceptors (Lipinski definition) is 4. The predicted molar refractivity (Wildman–Crippen MR) is 92.6 cm³/mol. The van der Waals surface area contributed by atoms with E-state index in [1.54, 1.807) is 48.8 Å². The second kappa shape index (κ2) is 7.23. The maximum Gasteiger partial charge on any atom is 0.255 e. The summed E-state index contributed by atoms with van der Waals surface area (Å²) in [5, 5.41) is 5.67. The van der Waals surface area contributed by atoms with Crippen molar-refractivity contribution in [3.63, 3.8) is 0 Å². The van der Waals surface area contributed by atoms with Gasteiger partial charge in [0.15, 0.2) is 0 Å². The first-order valence-corrected chi connectivity index (χ1v) is 8.00. The molecule has 1 saturated carbocycles. The summed E-state index contributed by atoms with van der Waals surface area (Å²) in [7, 11) is 0. The van der Waals surface area contributed by atoms with Crippen LogP contribution in [0.2, 0.25) is 0 Å². The van der Waals surface area contributed by atoms with Crippen LogP contribution in [0.25, 0.3) is 0 Å². The molecule has 0 bridgehead atoms. The molecule has 2 aromatic rings. The fourth-order valence-electron chi connectivity index (χ4n) is 2.88. The summed E-state index contributed by atoms with van der Waals surface area (Å²) >= 11 is 0. The molecular weight excluding hydrogens is 304 g/mol. The second-order valence-electron chi connectivity index (χ2n) is 6.03. The Morgan fingerprint density at radius 3 is 2.54 bits per heavy atom. The highest BCUT2D eigenvalue weighted by Crippen LogP contribution is 2.25. The summed E-state index contributed by atoms with van der Waals surface area (Å²) in [5.41, 5.74) is 7.62. The summed E-state index contributed by atoms with van der Waals surface area (Å²) in [5.74, 6) is -0.316. The SMILES string of the molecule is NC1CCC(C(=O)Nc2cccc(C(=O)Nc3ccncc3)c2)C1. The van der Waals surface area contributed by atoms with Gasteiger partial charge in [0.25, 0.3) is 5.91 Å². The smallest absolute Gasteiger partial charge is 0.255 e. The van der Waals surface area contributed by atoms with E-state index < -0.39 is 0 Å². The molecule has 124 valence electrons. The molecule has 0 saturated heterocycles. The Morgan fingerprint density at radius 2 is 1.83 bits per heavy atom. The Bertz CT molecular complexity index is 733. The Kier molecular flexibility index (Phi) is 4.86. The Morgan fingerprint density at radius 1 is 1.04 bits per heavy atom. The van der Waals surface area contributed by atoms with Crippen molar-refractivity contribution in [3.8, 4) is 0 Å². The number of amides is 2. The average Bonchev–Trinajstić information content (AvgIpc) is 3.03. The first kappa shape index (κ1) is 16.1. The lowest BCUT2D eigenvalue weighted by atomic mass is 10.1. The highest BCUT2D eigenvalue weighted by molar-refractivity contribution is 6.05. The quantitative estimate of drug-likeness (QED) is 0.804. The van der Waals surface area contributed by atoms with Crippen LogP contribution in [0.15, 0.2) is 48.8 Å². The van der Waals surface area contributed by atoms with Gasteiger partial charge in [-0.1, -0.05) is 6.07 Å². The summed E-state index contributed by atoms with van der Waals surface area (Å²) in [6, 6.07) is 10.4. The maximum absolute atomic E-state index is 12.3. The lowest BCUT2D eigenvalue weighted by Gasteiger charge is -2.12. The van der Waals surface area contributed by atoms with Gasteiger partial charge in [0.2, 0.25) is 5.91 Å². The molecular formula is C18H20N4O2. The first-order valence-electron chi connectivity index (χ1n) is 8.00. The number of nitrogens with two attached hydrogens (primary N) is 1. The van der Waals surface area contributed by atoms with Gasteiger partial charge in [0, 0.05) is 41.3 Å². The molecule has 6 nitrogen and oxygen atoms in total. The number of hydrogen-bond donors (Lipinski definition) is 3. The van der Waals surface area contributed by atoms with Gasteiger partial charge in [-0.05, 0) is 49.6 Å². The van der Waals surface area contributed by atoms with E-state index in [-0.39, 0.29) is 23.8 Å². The minimum absolute atomic E-state index is 0.0327. The number of anilines is 2. The van der Waals surface area contributed by atoms with E-state index >= 15 is 0 Å². The Balaban J connectivity index is 1.65. The molecule has 3 rings (SSSR count). The molecule has 1 fully saturated rings. The molecule has 0 aliphatic heterocycles. The van der Waals surface area contributed by atoms with Crippen molar-refractivity contribution in [3.05, 3.63) is 54.4 Å². The highest BCUT2D eigenvalue weighted by Gasteiger charge is 2.27. The zero-order valence-electron chi connectivity index (χ0n) is 13.2. The maximum atomic E-state index is 12.3. The summed E-state index contributed by atoms with van der Waals surface area (Å²) < 4.78 is 0. The van der Waals surface area contributed by atoms with Gasteiger partial charge in [-0.25, -0.2) is 0 Å². The Labute approximate surface area is 140 Å². The molecule has 1 aliphatic carbocycles. The number of nitrogens with one attached hydrogen (secondary N) is 2. The molecule has 2 atom stereocenters. The third-order valence-electron chi connectivity index (χ3n) is 4.17. The Hall–Kier alpha value is -2.73. The molecule has 0 radical (unpaired) electrons. The zero-order chi connectivity index (χ0) is 16.9. The summed E-state index contributed by atoms with van der Waals surface area (Å²) in [6.07, 6.45) is 5.63. The lowest BCUT2D eigenvalue weighted by molar-refractivity contribution is -0.119. The molecule has 0 spiro atoms. The molecule has 1 aromatic heterocycles. The van der Waals surface area contributed by atoms with Gasteiger partial charge >= 0.3 is 0 Å². The molecule has 1 aromatic carbocycles. The van der Waals surface area contributed by atoms with Gasteiger partial charge in [-0.15, -0.1) is 0 Å². The van der Waals surface area contributed by atoms with Gasteiger partial charge in [0.1, 0.15) is 0 Å². The van der Waals surface area contributed by atoms with E-state index in [0.29, 0.717) is 23.4 Å². The fourth-order valence-corrected chi connectivity index (χ4v) is 2.88. The van der Waals surface area contributed by atoms with Crippen molar-refractivity contribution in [2.75, 3.05) is 10.6 Å². The van der Waals surface area contributed by atoms with Crippen molar-refractivity contribution in [1.29, 1.82) is 0 Å². The van der Waals surface area contributed by atoms with E-state index in [1.807, 2.05) is 0 Å². The van der Waals surface area contributed by atoms with Crippen molar-refractivity contribution in [2.45, 2.75) is 25.3 Å². The summed E-state index contributed by atoms with van der Waals surface area (Å²) in [4.78, 5) is 28.5. The molecule has 2 amide bonds. The van der Waals surface area contributed by atoms with Crippen molar-refractivity contribution in [2.24, 2.45) is 11.7 Å². The second-order valence-corrected chi connectivity index (χ2v) is 6.03. The van der Waals surface area contributed by atoms with Gasteiger partial charge in [-0.2, -0.15) is 0 Å². The molecule has 24 heavy (non-hydrogen) atoms. The minimum Gasteiger partial charge on any atom is -0.328 e. The summed E-state index contributed by atoms with van der Waals surface area (Å²) in [6.45, 7) is 0. The van der Waals surface area contributed by atoms with Crippen molar-refractivity contribution >= 4 is 23.2 Å². The van der Waals surface area contributed by atoms with E-state index in [1.165, 1.54) is 0 Å². The molecule has 1 heterocycles. The van der Waals surface area contributed by atoms with Gasteiger partial charge in [-0.3, -0.25) is 14.6 Å². The topological polar surface area (TPSA) is 97.1 Å². The van der Waals surface area contributed by atoms with Crippen molar-refractivity contribution in [1.82, 2.24) is 4.98 Å². The third kappa shape index (κ3) is 3.97. The van der Waals surface area contributed by atoms with Crippen molar-refractivity contribution < 1.29 is 9.59 Å². The fraction of sp³-hybridized carbons (Fsp3) is 0.278. The van der Waals surface area contributed by atoms with Gasteiger partial charge in [0.05, 0.1) is 0 Å². The normalized spacial score (nSPS) is 19.7. The number of carbonyl (C=O) groups is 2. The predicted octanol–water partition coefficient (Wildman–Crippen LogP) is 2.40. The van der Waals surface area contributed by atoms with Crippen LogP contribution in [0.3, 0.4) is 0 Å². The molecule has 6 heteroatoms. The monoisotopic (exact) mass is 324 g/mol. The number of benzene rings is 1. The number of nitrogens with zero attached hydrogens (tertiary/aromatic N) is 1. The van der Waals surface area contributed by atoms with Gasteiger partial charge < -0.3 is 16.4 Å². The number of pyridine rings is 1. The zero-order valence-corrected chi connectivity index (χ0v) is 13.2. The molecule has 1 aliphatic rings. The van der Waals surface area contributed by atoms with E-state index in [9.17, 15) is 9.59 Å². The minimum atomic E-state index is -0.236. The van der Waals surface area contributed by atoms with Crippen LogP contribution in [0, 0.1) is 5.92 Å². The number of carbonyl (C=O) groups excluding carboxylic acids is 2. The molecule has 4 N–H and O–H groups in total. The molecule has 2 unspecified atom stereocenters. The van der Waals surface area contributed by atoms with Crippen LogP contribution in [0.5, 0.6) is 0 Å². The third-order valence-corrected chi connectivity index (χ3v) is 4.17. The van der Waals surface area contributed by atoms with E-state index in [0.717, 1.165) is 12.8 Å². The van der Waals surface area contributed by atoms with E-state index in [2.05, 4.69) is 15.6 Å².